The molecule has 1 fully saturated rings. The summed E-state index contributed by atoms with van der Waals surface area (Å²) >= 11 is 0. The summed E-state index contributed by atoms with van der Waals surface area (Å²) < 4.78 is 0. The lowest BCUT2D eigenvalue weighted by molar-refractivity contribution is 0.464. The predicted octanol–water partition coefficient (Wildman–Crippen LogP) is 2.17. The van der Waals surface area contributed by atoms with Crippen molar-refractivity contribution < 1.29 is 0 Å². The number of nitrogens with one attached hydrogen (secondary N) is 1. The molecule has 0 radical (unpaired) electrons. The maximum Gasteiger partial charge on any atom is 0.0628 e. The lowest BCUT2D eigenvalue weighted by Crippen LogP contribution is -2.23. The number of hydrogen-bond acceptors (Lipinski definition) is 3. The van der Waals surface area contributed by atoms with Gasteiger partial charge in [0, 0.05) is 25.2 Å². The summed E-state index contributed by atoms with van der Waals surface area (Å²) in [6.07, 6.45) is 3.06. The molecule has 0 aromatic carbocycles. The molecule has 3 nitrogen and oxygen atoms in total. The molecule has 16 heavy (non-hydrogen) atoms. The SMILES string of the molecule is Cc1cccc(CNCC2(CC#N)CC2)n1. The first-order valence-electron chi connectivity index (χ1n) is 5.74. The number of aromatic nitrogens is 1. The van der Waals surface area contributed by atoms with Crippen molar-refractivity contribution in [3.8, 4) is 6.07 Å². The molecule has 0 amide bonds. The van der Waals surface area contributed by atoms with Crippen molar-refractivity contribution >= 4 is 0 Å². The summed E-state index contributed by atoms with van der Waals surface area (Å²) in [7, 11) is 0. The summed E-state index contributed by atoms with van der Waals surface area (Å²) in [6.45, 7) is 3.74. The molecule has 3 heteroatoms. The maximum absolute atomic E-state index is 8.70. The Hall–Kier alpha value is -1.40. The monoisotopic (exact) mass is 215 g/mol. The van der Waals surface area contributed by atoms with Crippen molar-refractivity contribution in [3.05, 3.63) is 29.6 Å². The molecule has 0 atom stereocenters. The smallest absolute Gasteiger partial charge is 0.0628 e. The molecule has 0 saturated heterocycles. The Morgan fingerprint density at radius 2 is 2.31 bits per heavy atom. The van der Waals surface area contributed by atoms with Gasteiger partial charge in [-0.1, -0.05) is 6.07 Å². The van der Waals surface area contributed by atoms with E-state index in [1.165, 1.54) is 12.8 Å². The highest BCUT2D eigenvalue weighted by molar-refractivity contribution is 5.10. The molecule has 1 N–H and O–H groups in total. The first-order chi connectivity index (χ1) is 7.74. The third kappa shape index (κ3) is 2.80. The second-order valence-corrected chi connectivity index (χ2v) is 4.71. The fourth-order valence-corrected chi connectivity index (χ4v) is 1.91. The third-order valence-corrected chi connectivity index (χ3v) is 3.16. The Bertz CT molecular complexity index is 402. The summed E-state index contributed by atoms with van der Waals surface area (Å²) in [4.78, 5) is 4.43. The van der Waals surface area contributed by atoms with Crippen LogP contribution in [0.2, 0.25) is 0 Å². The zero-order chi connectivity index (χ0) is 11.4. The molecular weight excluding hydrogens is 198 g/mol. The van der Waals surface area contributed by atoms with Crippen LogP contribution in [-0.4, -0.2) is 11.5 Å². The molecule has 1 aromatic rings. The van der Waals surface area contributed by atoms with E-state index in [2.05, 4.69) is 16.4 Å². The van der Waals surface area contributed by atoms with Crippen molar-refractivity contribution in [1.29, 1.82) is 5.26 Å². The van der Waals surface area contributed by atoms with Crippen molar-refractivity contribution in [1.82, 2.24) is 10.3 Å². The molecule has 1 aliphatic rings. The molecule has 0 aliphatic heterocycles. The highest BCUT2D eigenvalue weighted by Crippen LogP contribution is 2.47. The van der Waals surface area contributed by atoms with Crippen LogP contribution in [-0.2, 0) is 6.54 Å². The lowest BCUT2D eigenvalue weighted by Gasteiger charge is -2.11. The van der Waals surface area contributed by atoms with E-state index in [1.54, 1.807) is 0 Å². The van der Waals surface area contributed by atoms with Gasteiger partial charge < -0.3 is 5.32 Å². The first-order valence-corrected chi connectivity index (χ1v) is 5.74. The molecule has 0 spiro atoms. The Kier molecular flexibility index (Phi) is 3.21. The van der Waals surface area contributed by atoms with E-state index >= 15 is 0 Å². The first kappa shape index (κ1) is 11.1. The largest absolute Gasteiger partial charge is 0.311 e. The van der Waals surface area contributed by atoms with Crippen molar-refractivity contribution in [2.24, 2.45) is 5.41 Å². The normalized spacial score (nSPS) is 16.8. The van der Waals surface area contributed by atoms with Gasteiger partial charge >= 0.3 is 0 Å². The van der Waals surface area contributed by atoms with Gasteiger partial charge in [-0.2, -0.15) is 5.26 Å². The van der Waals surface area contributed by atoms with Gasteiger partial charge in [0.25, 0.3) is 0 Å². The van der Waals surface area contributed by atoms with E-state index in [1.807, 2.05) is 25.1 Å². The number of nitriles is 1. The van der Waals surface area contributed by atoms with Crippen molar-refractivity contribution in [2.75, 3.05) is 6.54 Å². The third-order valence-electron chi connectivity index (χ3n) is 3.16. The fraction of sp³-hybridized carbons (Fsp3) is 0.538. The van der Waals surface area contributed by atoms with E-state index in [4.69, 9.17) is 5.26 Å². The fourth-order valence-electron chi connectivity index (χ4n) is 1.91. The van der Waals surface area contributed by atoms with Crippen LogP contribution in [0.5, 0.6) is 0 Å². The Labute approximate surface area is 96.5 Å². The molecule has 1 aromatic heterocycles. The molecule has 2 rings (SSSR count). The summed E-state index contributed by atoms with van der Waals surface area (Å²) in [5, 5.41) is 12.1. The Morgan fingerprint density at radius 3 is 2.94 bits per heavy atom. The molecule has 1 saturated carbocycles. The zero-order valence-electron chi connectivity index (χ0n) is 9.66. The number of hydrogen-bond donors (Lipinski definition) is 1. The zero-order valence-corrected chi connectivity index (χ0v) is 9.66. The standard InChI is InChI=1S/C13H17N3/c1-11-3-2-4-12(16-11)9-15-10-13(5-6-13)7-8-14/h2-4,15H,5-7,9-10H2,1H3. The van der Waals surface area contributed by atoms with Crippen LogP contribution >= 0.6 is 0 Å². The maximum atomic E-state index is 8.70. The van der Waals surface area contributed by atoms with Crippen LogP contribution in [0.1, 0.15) is 30.7 Å². The second kappa shape index (κ2) is 4.63. The van der Waals surface area contributed by atoms with Crippen LogP contribution in [0, 0.1) is 23.7 Å². The van der Waals surface area contributed by atoms with Gasteiger partial charge in [0.05, 0.1) is 11.8 Å². The topological polar surface area (TPSA) is 48.7 Å². The lowest BCUT2D eigenvalue weighted by atomic mass is 10.0. The van der Waals surface area contributed by atoms with E-state index in [0.29, 0.717) is 6.42 Å². The van der Waals surface area contributed by atoms with Crippen LogP contribution in [0.25, 0.3) is 0 Å². The second-order valence-electron chi connectivity index (χ2n) is 4.71. The highest BCUT2D eigenvalue weighted by Gasteiger charge is 2.41. The van der Waals surface area contributed by atoms with Crippen molar-refractivity contribution in [3.63, 3.8) is 0 Å². The Balaban J connectivity index is 1.78. The van der Waals surface area contributed by atoms with Crippen LogP contribution in [0.15, 0.2) is 18.2 Å². The number of aryl methyl sites for hydroxylation is 1. The van der Waals surface area contributed by atoms with Gasteiger partial charge in [0.15, 0.2) is 0 Å². The molecule has 0 bridgehead atoms. The summed E-state index contributed by atoms with van der Waals surface area (Å²) in [5.41, 5.74) is 2.41. The van der Waals surface area contributed by atoms with Gasteiger partial charge in [-0.3, -0.25) is 4.98 Å². The summed E-state index contributed by atoms with van der Waals surface area (Å²) in [5.74, 6) is 0. The minimum absolute atomic E-state index is 0.276. The quantitative estimate of drug-likeness (QED) is 0.819. The van der Waals surface area contributed by atoms with Gasteiger partial charge in [-0.05, 0) is 37.3 Å². The molecule has 0 unspecified atom stereocenters. The minimum atomic E-state index is 0.276. The average Bonchev–Trinajstić information content (AvgIpc) is 2.99. The van der Waals surface area contributed by atoms with E-state index in [9.17, 15) is 0 Å². The van der Waals surface area contributed by atoms with E-state index in [-0.39, 0.29) is 5.41 Å². The number of rotatable bonds is 5. The van der Waals surface area contributed by atoms with Gasteiger partial charge in [0.2, 0.25) is 0 Å². The van der Waals surface area contributed by atoms with Gasteiger partial charge in [-0.25, -0.2) is 0 Å². The number of nitrogens with zero attached hydrogens (tertiary/aromatic N) is 2. The van der Waals surface area contributed by atoms with Crippen LogP contribution in [0.3, 0.4) is 0 Å². The molecular formula is C13H17N3. The minimum Gasteiger partial charge on any atom is -0.311 e. The Morgan fingerprint density at radius 1 is 1.50 bits per heavy atom. The van der Waals surface area contributed by atoms with Crippen LogP contribution in [0.4, 0.5) is 0 Å². The average molecular weight is 215 g/mol. The van der Waals surface area contributed by atoms with E-state index in [0.717, 1.165) is 24.5 Å². The predicted molar refractivity (Wildman–Crippen MR) is 62.6 cm³/mol. The highest BCUT2D eigenvalue weighted by atomic mass is 14.9. The molecule has 1 heterocycles. The van der Waals surface area contributed by atoms with E-state index < -0.39 is 0 Å². The molecule has 84 valence electrons. The van der Waals surface area contributed by atoms with Crippen molar-refractivity contribution in [2.45, 2.75) is 32.7 Å². The molecule has 1 aliphatic carbocycles. The van der Waals surface area contributed by atoms with Crippen LogP contribution < -0.4 is 5.32 Å². The van der Waals surface area contributed by atoms with Gasteiger partial charge in [-0.15, -0.1) is 0 Å². The number of pyridine rings is 1. The van der Waals surface area contributed by atoms with Gasteiger partial charge in [0.1, 0.15) is 0 Å². The summed E-state index contributed by atoms with van der Waals surface area (Å²) in [6, 6.07) is 8.34.